The van der Waals surface area contributed by atoms with E-state index in [2.05, 4.69) is 39.4 Å². The quantitative estimate of drug-likeness (QED) is 0.230. The topological polar surface area (TPSA) is 60.2 Å². The van der Waals surface area contributed by atoms with Crippen LogP contribution in [0.5, 0.6) is 0 Å². The molecule has 0 fully saturated rings. The number of pyridine rings is 1. The highest BCUT2D eigenvalue weighted by atomic mass is 79.9. The number of rotatable bonds is 5. The second-order valence-electron chi connectivity index (χ2n) is 6.31. The minimum Gasteiger partial charge on any atom is -0.399 e. The Morgan fingerprint density at radius 2 is 1.63 bits per heavy atom. The molecule has 1 aromatic heterocycles. The Morgan fingerprint density at radius 3 is 2.26 bits per heavy atom. The van der Waals surface area contributed by atoms with Crippen LogP contribution in [0.4, 0.5) is 17.1 Å². The van der Waals surface area contributed by atoms with Gasteiger partial charge in [0.05, 0.1) is 16.7 Å². The summed E-state index contributed by atoms with van der Waals surface area (Å²) in [6, 6.07) is 22.2. The fourth-order valence-electron chi connectivity index (χ4n) is 3.24. The number of hydrogen-bond donors (Lipinski definition) is 2. The van der Waals surface area contributed by atoms with E-state index in [0.29, 0.717) is 12.3 Å². The van der Waals surface area contributed by atoms with Gasteiger partial charge >= 0.3 is 0 Å². The molecule has 1 atom stereocenters. The molecule has 5 heteroatoms. The van der Waals surface area contributed by atoms with Gasteiger partial charge in [-0.25, -0.2) is 4.98 Å². The van der Waals surface area contributed by atoms with Gasteiger partial charge in [-0.1, -0.05) is 52.3 Å². The molecule has 1 heterocycles. The van der Waals surface area contributed by atoms with Gasteiger partial charge in [0, 0.05) is 28.8 Å². The number of nitrogens with two attached hydrogens (primary N) is 1. The zero-order valence-corrected chi connectivity index (χ0v) is 16.5. The van der Waals surface area contributed by atoms with Crippen LogP contribution in [-0.4, -0.2) is 11.6 Å². The van der Waals surface area contributed by atoms with Crippen LogP contribution in [-0.2, 0) is 4.74 Å². The van der Waals surface area contributed by atoms with Crippen LogP contribution in [0.25, 0.3) is 21.8 Å². The first-order chi connectivity index (χ1) is 13.2. The fraction of sp³-hybridized carbons (Fsp3) is 0.136. The molecule has 0 aliphatic carbocycles. The molecule has 136 valence electrons. The number of nitrogen functional groups attached to an aromatic ring is 1. The number of halogens is 1. The Labute approximate surface area is 166 Å². The van der Waals surface area contributed by atoms with E-state index in [1.54, 1.807) is 0 Å². The number of benzene rings is 3. The van der Waals surface area contributed by atoms with E-state index in [1.165, 1.54) is 0 Å². The summed E-state index contributed by atoms with van der Waals surface area (Å²) in [6.07, 6.45) is 0. The van der Waals surface area contributed by atoms with Crippen LogP contribution in [0, 0.1) is 0 Å². The van der Waals surface area contributed by atoms with Gasteiger partial charge in [-0.2, -0.15) is 0 Å². The summed E-state index contributed by atoms with van der Waals surface area (Å²) in [5, 5.41) is 5.51. The van der Waals surface area contributed by atoms with Crippen molar-refractivity contribution in [2.45, 2.75) is 11.9 Å². The summed E-state index contributed by atoms with van der Waals surface area (Å²) in [5.41, 5.74) is 11.6. The molecule has 3 N–H and O–H groups in total. The zero-order valence-electron chi connectivity index (χ0n) is 14.9. The third-order valence-corrected chi connectivity index (χ3v) is 5.20. The summed E-state index contributed by atoms with van der Waals surface area (Å²) in [5.74, 6) is 0. The van der Waals surface area contributed by atoms with Gasteiger partial charge in [0.25, 0.3) is 0 Å². The molecule has 4 nitrogen and oxygen atoms in total. The maximum atomic E-state index is 6.14. The normalized spacial score (nSPS) is 12.4. The van der Waals surface area contributed by atoms with Crippen molar-refractivity contribution in [1.82, 2.24) is 4.98 Å². The van der Waals surface area contributed by atoms with Crippen molar-refractivity contribution in [1.29, 1.82) is 0 Å². The van der Waals surface area contributed by atoms with Gasteiger partial charge in [0.1, 0.15) is 5.01 Å². The number of ether oxygens (including phenoxy) is 1. The van der Waals surface area contributed by atoms with Gasteiger partial charge in [-0.05, 0) is 42.8 Å². The van der Waals surface area contributed by atoms with E-state index in [1.807, 2.05) is 55.5 Å². The highest BCUT2D eigenvalue weighted by molar-refractivity contribution is 9.09. The zero-order chi connectivity index (χ0) is 18.8. The Bertz CT molecular complexity index is 1060. The minimum absolute atomic E-state index is 0.197. The average molecular weight is 422 g/mol. The van der Waals surface area contributed by atoms with Gasteiger partial charge < -0.3 is 15.8 Å². The Kier molecular flexibility index (Phi) is 4.97. The van der Waals surface area contributed by atoms with Crippen molar-refractivity contribution in [2.24, 2.45) is 0 Å². The number of hydrogen-bond acceptors (Lipinski definition) is 4. The van der Waals surface area contributed by atoms with Crippen molar-refractivity contribution in [2.75, 3.05) is 17.7 Å². The van der Waals surface area contributed by atoms with Crippen molar-refractivity contribution in [3.8, 4) is 0 Å². The Hall–Kier alpha value is -2.63. The third kappa shape index (κ3) is 3.61. The molecule has 0 aliphatic heterocycles. The lowest BCUT2D eigenvalue weighted by atomic mass is 10.1. The predicted octanol–water partition coefficient (Wildman–Crippen LogP) is 6.14. The van der Waals surface area contributed by atoms with Crippen molar-refractivity contribution in [3.63, 3.8) is 0 Å². The van der Waals surface area contributed by atoms with Crippen molar-refractivity contribution in [3.05, 3.63) is 72.3 Å². The molecule has 0 saturated carbocycles. The molecule has 1 unspecified atom stereocenters. The standard InChI is InChI=1S/C22H20BrN3O/c1-2-27-22(23)14-11-15(24)13-16(12-14)25-21-17-7-3-5-9-19(17)26-20-10-6-4-8-18(20)21/h3-13,22H,2,24H2,1H3,(H,25,26). The average Bonchev–Trinajstić information content (AvgIpc) is 2.67. The SMILES string of the molecule is CCOC(Br)c1cc(N)cc(Nc2c3ccccc3nc3ccccc23)c1. The first-order valence-corrected chi connectivity index (χ1v) is 9.78. The minimum atomic E-state index is -0.197. The monoisotopic (exact) mass is 421 g/mol. The molecule has 0 spiro atoms. The Morgan fingerprint density at radius 1 is 1.00 bits per heavy atom. The van der Waals surface area contributed by atoms with Crippen LogP contribution >= 0.6 is 15.9 Å². The second kappa shape index (κ2) is 7.55. The predicted molar refractivity (Wildman–Crippen MR) is 117 cm³/mol. The Balaban J connectivity index is 1.85. The highest BCUT2D eigenvalue weighted by Crippen LogP contribution is 2.35. The van der Waals surface area contributed by atoms with Gasteiger partial charge in [0.15, 0.2) is 0 Å². The number of fused-ring (bicyclic) bond motifs is 2. The number of anilines is 3. The summed E-state index contributed by atoms with van der Waals surface area (Å²) < 4.78 is 5.65. The molecule has 4 aromatic rings. The van der Waals surface area contributed by atoms with E-state index in [-0.39, 0.29) is 5.01 Å². The molecule has 0 bridgehead atoms. The van der Waals surface area contributed by atoms with E-state index >= 15 is 0 Å². The maximum absolute atomic E-state index is 6.14. The summed E-state index contributed by atoms with van der Waals surface area (Å²) >= 11 is 3.56. The lowest BCUT2D eigenvalue weighted by Crippen LogP contribution is -2.01. The van der Waals surface area contributed by atoms with Gasteiger partial charge in [0.2, 0.25) is 0 Å². The van der Waals surface area contributed by atoms with Gasteiger partial charge in [-0.3, -0.25) is 0 Å². The van der Waals surface area contributed by atoms with Crippen LogP contribution < -0.4 is 11.1 Å². The van der Waals surface area contributed by atoms with E-state index in [4.69, 9.17) is 15.5 Å². The number of alkyl halides is 1. The molecule has 4 rings (SSSR count). The fourth-order valence-corrected chi connectivity index (χ4v) is 3.77. The summed E-state index contributed by atoms with van der Waals surface area (Å²) in [6.45, 7) is 2.59. The second-order valence-corrected chi connectivity index (χ2v) is 7.14. The third-order valence-electron chi connectivity index (χ3n) is 4.41. The molecule has 0 aliphatic rings. The maximum Gasteiger partial charge on any atom is 0.137 e. The van der Waals surface area contributed by atoms with Crippen LogP contribution in [0.3, 0.4) is 0 Å². The van der Waals surface area contributed by atoms with E-state index < -0.39 is 0 Å². The smallest absolute Gasteiger partial charge is 0.137 e. The van der Waals surface area contributed by atoms with Gasteiger partial charge in [-0.15, -0.1) is 0 Å². The number of nitrogens with one attached hydrogen (secondary N) is 1. The van der Waals surface area contributed by atoms with Crippen molar-refractivity contribution < 1.29 is 4.74 Å². The number of para-hydroxylation sites is 2. The van der Waals surface area contributed by atoms with E-state index in [0.717, 1.165) is 38.7 Å². The number of nitrogens with zero attached hydrogens (tertiary/aromatic N) is 1. The molecule has 0 saturated heterocycles. The first-order valence-electron chi connectivity index (χ1n) is 8.86. The van der Waals surface area contributed by atoms with Crippen LogP contribution in [0.15, 0.2) is 66.7 Å². The molecular formula is C22H20BrN3O. The lowest BCUT2D eigenvalue weighted by Gasteiger charge is -2.16. The number of aromatic nitrogens is 1. The van der Waals surface area contributed by atoms with Crippen LogP contribution in [0.1, 0.15) is 17.5 Å². The summed E-state index contributed by atoms with van der Waals surface area (Å²) in [7, 11) is 0. The summed E-state index contributed by atoms with van der Waals surface area (Å²) in [4.78, 5) is 4.78. The molecular weight excluding hydrogens is 402 g/mol. The lowest BCUT2D eigenvalue weighted by molar-refractivity contribution is 0.131. The highest BCUT2D eigenvalue weighted by Gasteiger charge is 2.12. The molecule has 0 radical (unpaired) electrons. The largest absolute Gasteiger partial charge is 0.399 e. The molecule has 3 aromatic carbocycles. The van der Waals surface area contributed by atoms with E-state index in [9.17, 15) is 0 Å². The van der Waals surface area contributed by atoms with Crippen LogP contribution in [0.2, 0.25) is 0 Å². The molecule has 0 amide bonds. The van der Waals surface area contributed by atoms with Crippen molar-refractivity contribution >= 4 is 54.8 Å². The molecule has 27 heavy (non-hydrogen) atoms. The first kappa shape index (κ1) is 17.8.